The molecule has 0 aliphatic carbocycles. The van der Waals surface area contributed by atoms with Crippen molar-refractivity contribution in [1.82, 2.24) is 0 Å². The Balaban J connectivity index is 1.51. The Bertz CT molecular complexity index is 3320. The molecule has 10 rings (SSSR count). The lowest BCUT2D eigenvalue weighted by Crippen LogP contribution is -2.43. The third-order valence-corrected chi connectivity index (χ3v) is 28.9. The van der Waals surface area contributed by atoms with Crippen LogP contribution in [0.5, 0.6) is 0 Å². The maximum Gasteiger partial charge on any atom is 0.146 e. The standard InChI is InChI=1S/C64H64Si2/c1-39(2)65(40(3)4,41(5)6)33-31-51-47-27-19-21-29-49(47)55-35-54(46-25-17-14-18-26-46)60-38-58-52(32-34-66(42(7)8,43(9)10)44(11)12)48-28-20-22-30-50(48)56-36-53(45-23-15-13-16-24-45)59-37-57(51)61(55)63(60)64(59)62(56)58/h13-30,35-44H,1-12H3. The fourth-order valence-electron chi connectivity index (χ4n) is 13.4. The minimum absolute atomic E-state index is 0.532. The predicted molar refractivity (Wildman–Crippen MR) is 298 cm³/mol. The molecule has 66 heavy (non-hydrogen) atoms. The van der Waals surface area contributed by atoms with Gasteiger partial charge in [-0.1, -0.05) is 204 Å². The molecular weight excluding hydrogens is 825 g/mol. The van der Waals surface area contributed by atoms with Gasteiger partial charge in [-0.25, -0.2) is 0 Å². The smallest absolute Gasteiger partial charge is 0.125 e. The van der Waals surface area contributed by atoms with Crippen molar-refractivity contribution in [2.24, 2.45) is 0 Å². The first-order valence-electron chi connectivity index (χ1n) is 24.7. The maximum absolute atomic E-state index is 4.21. The van der Waals surface area contributed by atoms with Gasteiger partial charge in [-0.05, 0) is 155 Å². The van der Waals surface area contributed by atoms with Gasteiger partial charge in [-0.3, -0.25) is 0 Å². The molecule has 0 heterocycles. The summed E-state index contributed by atoms with van der Waals surface area (Å²) in [5.41, 5.74) is 18.9. The Morgan fingerprint density at radius 1 is 0.288 bits per heavy atom. The van der Waals surface area contributed by atoms with Crippen molar-refractivity contribution in [2.45, 2.75) is 116 Å². The molecule has 0 bridgehead atoms. The molecule has 0 nitrogen and oxygen atoms in total. The summed E-state index contributed by atoms with van der Waals surface area (Å²) in [6.45, 7) is 29.1. The van der Waals surface area contributed by atoms with E-state index in [0.29, 0.717) is 33.2 Å². The first-order chi connectivity index (χ1) is 31.7. The van der Waals surface area contributed by atoms with Crippen LogP contribution in [0.2, 0.25) is 33.2 Å². The quantitative estimate of drug-likeness (QED) is 0.0617. The molecule has 0 unspecified atom stereocenters. The van der Waals surface area contributed by atoms with Crippen LogP contribution in [0.25, 0.3) is 97.7 Å². The Kier molecular flexibility index (Phi) is 11.0. The van der Waals surface area contributed by atoms with Crippen molar-refractivity contribution in [3.05, 3.63) is 145 Å². The third-order valence-electron chi connectivity index (χ3n) is 16.3. The van der Waals surface area contributed by atoms with E-state index in [2.05, 4.69) is 239 Å². The molecule has 0 aliphatic heterocycles. The lowest BCUT2D eigenvalue weighted by molar-refractivity contribution is 0.838. The highest BCUT2D eigenvalue weighted by atomic mass is 28.3. The summed E-state index contributed by atoms with van der Waals surface area (Å²) in [5, 5.41) is 18.0. The largest absolute Gasteiger partial charge is 0.146 e. The van der Waals surface area contributed by atoms with E-state index in [-0.39, 0.29) is 0 Å². The van der Waals surface area contributed by atoms with Gasteiger partial charge in [-0.15, -0.1) is 11.1 Å². The van der Waals surface area contributed by atoms with Crippen molar-refractivity contribution < 1.29 is 0 Å². The van der Waals surface area contributed by atoms with Crippen LogP contribution in [0.4, 0.5) is 0 Å². The van der Waals surface area contributed by atoms with Gasteiger partial charge >= 0.3 is 0 Å². The topological polar surface area (TPSA) is 0 Å². The van der Waals surface area contributed by atoms with Gasteiger partial charge in [0.2, 0.25) is 0 Å². The highest BCUT2D eigenvalue weighted by Gasteiger charge is 2.43. The lowest BCUT2D eigenvalue weighted by Gasteiger charge is -2.38. The van der Waals surface area contributed by atoms with E-state index in [4.69, 9.17) is 0 Å². The Morgan fingerprint density at radius 2 is 0.591 bits per heavy atom. The summed E-state index contributed by atoms with van der Waals surface area (Å²) in [5.74, 6) is 8.20. The molecule has 0 radical (unpaired) electrons. The summed E-state index contributed by atoms with van der Waals surface area (Å²) in [4.78, 5) is 0. The van der Waals surface area contributed by atoms with Crippen LogP contribution in [0.3, 0.4) is 0 Å². The fourth-order valence-corrected chi connectivity index (χ4v) is 23.8. The predicted octanol–water partition coefficient (Wildman–Crippen LogP) is 19.1. The molecule has 10 aromatic rings. The molecule has 0 atom stereocenters. The summed E-state index contributed by atoms with van der Waals surface area (Å²) in [6, 6.07) is 50.6. The SMILES string of the molecule is CC(C)[Si](C#Cc1c2ccccc2c2cc(-c3ccccc3)c3cc4c(C#C[Si](C(C)C)(C(C)C)C(C)C)c5ccccc5c5cc(-c6ccccc6)c6cc1c2c3c6c45)(C(C)C)C(C)C. The third kappa shape index (κ3) is 6.39. The second kappa shape index (κ2) is 16.5. The van der Waals surface area contributed by atoms with Crippen LogP contribution in [-0.2, 0) is 0 Å². The average molecular weight is 889 g/mol. The summed E-state index contributed by atoms with van der Waals surface area (Å²) >= 11 is 0. The second-order valence-corrected chi connectivity index (χ2v) is 32.4. The molecule has 0 aliphatic rings. The van der Waals surface area contributed by atoms with Crippen molar-refractivity contribution in [2.75, 3.05) is 0 Å². The van der Waals surface area contributed by atoms with E-state index in [9.17, 15) is 0 Å². The van der Waals surface area contributed by atoms with Gasteiger partial charge in [0.25, 0.3) is 0 Å². The zero-order valence-electron chi connectivity index (χ0n) is 41.2. The van der Waals surface area contributed by atoms with E-state index in [1.165, 1.54) is 109 Å². The molecule has 2 heteroatoms. The molecular formula is C64H64Si2. The van der Waals surface area contributed by atoms with Crippen LogP contribution in [0, 0.1) is 22.9 Å². The van der Waals surface area contributed by atoms with Crippen molar-refractivity contribution in [3.63, 3.8) is 0 Å². The van der Waals surface area contributed by atoms with Crippen LogP contribution in [-0.4, -0.2) is 16.1 Å². The fraction of sp³-hybridized carbons (Fsp3) is 0.281. The van der Waals surface area contributed by atoms with Gasteiger partial charge in [0.15, 0.2) is 0 Å². The lowest BCUT2D eigenvalue weighted by atomic mass is 9.78. The number of hydrogen-bond donors (Lipinski definition) is 0. The summed E-state index contributed by atoms with van der Waals surface area (Å²) in [7, 11) is -4.18. The maximum atomic E-state index is 4.21. The molecule has 0 amide bonds. The van der Waals surface area contributed by atoms with E-state index in [0.717, 1.165) is 0 Å². The van der Waals surface area contributed by atoms with Gasteiger partial charge in [0, 0.05) is 11.1 Å². The van der Waals surface area contributed by atoms with Gasteiger partial charge < -0.3 is 0 Å². The molecule has 0 N–H and O–H groups in total. The average Bonchev–Trinajstić information content (AvgIpc) is 3.30. The zero-order valence-corrected chi connectivity index (χ0v) is 43.2. The number of hydrogen-bond acceptors (Lipinski definition) is 0. The normalized spacial score (nSPS) is 12.8. The van der Waals surface area contributed by atoms with E-state index < -0.39 is 16.1 Å². The zero-order chi connectivity index (χ0) is 46.4. The number of rotatable bonds is 8. The molecule has 10 aromatic carbocycles. The summed E-state index contributed by atoms with van der Waals surface area (Å²) < 4.78 is 0. The molecule has 0 spiro atoms. The number of fused-ring (bicyclic) bond motifs is 4. The highest BCUT2D eigenvalue weighted by molar-refractivity contribution is 6.91. The minimum Gasteiger partial charge on any atom is -0.125 e. The molecule has 0 aromatic heterocycles. The van der Waals surface area contributed by atoms with Gasteiger partial charge in [0.05, 0.1) is 0 Å². The van der Waals surface area contributed by atoms with E-state index in [1.54, 1.807) is 0 Å². The molecule has 0 saturated carbocycles. The monoisotopic (exact) mass is 888 g/mol. The van der Waals surface area contributed by atoms with Crippen molar-refractivity contribution >= 4 is 91.6 Å². The van der Waals surface area contributed by atoms with Crippen molar-refractivity contribution in [3.8, 4) is 45.2 Å². The van der Waals surface area contributed by atoms with Crippen molar-refractivity contribution in [1.29, 1.82) is 0 Å². The van der Waals surface area contributed by atoms with Crippen LogP contribution in [0.15, 0.2) is 133 Å². The van der Waals surface area contributed by atoms with Gasteiger partial charge in [-0.2, -0.15) is 0 Å². The van der Waals surface area contributed by atoms with E-state index >= 15 is 0 Å². The molecule has 328 valence electrons. The van der Waals surface area contributed by atoms with Crippen LogP contribution in [0.1, 0.15) is 94.2 Å². The first kappa shape index (κ1) is 44.0. The van der Waals surface area contributed by atoms with E-state index in [1.807, 2.05) is 0 Å². The first-order valence-corrected chi connectivity index (χ1v) is 29.2. The van der Waals surface area contributed by atoms with Gasteiger partial charge in [0.1, 0.15) is 16.1 Å². The number of benzene rings is 10. The second-order valence-electron chi connectivity index (χ2n) is 21.3. The minimum atomic E-state index is -2.09. The molecule has 0 fully saturated rings. The highest BCUT2D eigenvalue weighted by Crippen LogP contribution is 2.53. The van der Waals surface area contributed by atoms with Crippen LogP contribution < -0.4 is 0 Å². The summed E-state index contributed by atoms with van der Waals surface area (Å²) in [6.07, 6.45) is 0. The Labute approximate surface area is 395 Å². The Morgan fingerprint density at radius 3 is 0.909 bits per heavy atom. The van der Waals surface area contributed by atoms with Crippen LogP contribution >= 0.6 is 0 Å². The Hall–Kier alpha value is -5.91. The molecule has 0 saturated heterocycles.